The van der Waals surface area contributed by atoms with E-state index in [1.165, 1.54) is 11.0 Å². The SMILES string of the molecule is Cn1cnnc1-c1cnn(C)c1-c1cccc(N2Cc3c(cc(CN4CCCCC4)cc3C(F)(F)F)C2=O)c1. The molecule has 0 atom stereocenters. The van der Waals surface area contributed by atoms with Crippen molar-refractivity contribution in [2.75, 3.05) is 18.0 Å². The Morgan fingerprint density at radius 2 is 1.79 bits per heavy atom. The van der Waals surface area contributed by atoms with Crippen molar-refractivity contribution in [1.82, 2.24) is 29.4 Å². The molecule has 6 rings (SSSR count). The van der Waals surface area contributed by atoms with Crippen molar-refractivity contribution in [3.63, 3.8) is 0 Å². The third kappa shape index (κ3) is 4.60. The number of hydrogen-bond acceptors (Lipinski definition) is 5. The van der Waals surface area contributed by atoms with Crippen LogP contribution in [0.25, 0.3) is 22.6 Å². The average molecular weight is 536 g/mol. The first-order chi connectivity index (χ1) is 18.7. The topological polar surface area (TPSA) is 72.1 Å². The first-order valence-corrected chi connectivity index (χ1v) is 12.9. The second-order valence-corrected chi connectivity index (χ2v) is 10.2. The molecular weight excluding hydrogens is 507 g/mol. The van der Waals surface area contributed by atoms with Crippen molar-refractivity contribution in [3.05, 3.63) is 71.2 Å². The molecule has 0 radical (unpaired) electrons. The monoisotopic (exact) mass is 535 g/mol. The van der Waals surface area contributed by atoms with Crippen LogP contribution in [0, 0.1) is 0 Å². The van der Waals surface area contributed by atoms with Gasteiger partial charge in [0.15, 0.2) is 5.82 Å². The van der Waals surface area contributed by atoms with Gasteiger partial charge in [-0.3, -0.25) is 14.4 Å². The van der Waals surface area contributed by atoms with Crippen LogP contribution in [0.15, 0.2) is 48.9 Å². The maximum atomic E-state index is 14.2. The van der Waals surface area contributed by atoms with E-state index in [2.05, 4.69) is 20.2 Å². The van der Waals surface area contributed by atoms with Gasteiger partial charge in [0.25, 0.3) is 5.91 Å². The molecule has 2 aromatic heterocycles. The highest BCUT2D eigenvalue weighted by atomic mass is 19.4. The van der Waals surface area contributed by atoms with E-state index in [0.717, 1.165) is 49.2 Å². The fourth-order valence-electron chi connectivity index (χ4n) is 5.69. The molecule has 4 heterocycles. The van der Waals surface area contributed by atoms with Gasteiger partial charge in [0.1, 0.15) is 6.33 Å². The molecule has 0 aliphatic carbocycles. The number of fused-ring (bicyclic) bond motifs is 1. The van der Waals surface area contributed by atoms with Crippen LogP contribution in [-0.2, 0) is 33.4 Å². The van der Waals surface area contributed by atoms with Gasteiger partial charge in [0.05, 0.1) is 29.6 Å². The number of likely N-dealkylation sites (tertiary alicyclic amines) is 1. The molecule has 0 bridgehead atoms. The minimum Gasteiger partial charge on any atom is -0.317 e. The molecule has 11 heteroatoms. The molecule has 0 saturated carbocycles. The van der Waals surface area contributed by atoms with Crippen LogP contribution < -0.4 is 4.90 Å². The molecule has 4 aromatic rings. The molecule has 0 spiro atoms. The number of hydrogen-bond donors (Lipinski definition) is 0. The van der Waals surface area contributed by atoms with E-state index in [9.17, 15) is 18.0 Å². The molecule has 1 fully saturated rings. The predicted molar refractivity (Wildman–Crippen MR) is 140 cm³/mol. The number of anilines is 1. The number of carbonyl (C=O) groups excluding carboxylic acids is 1. The molecule has 2 aliphatic rings. The number of aryl methyl sites for hydroxylation is 2. The number of amides is 1. The van der Waals surface area contributed by atoms with Gasteiger partial charge in [-0.05, 0) is 61.3 Å². The first-order valence-electron chi connectivity index (χ1n) is 12.9. The third-order valence-corrected chi connectivity index (χ3v) is 7.58. The second-order valence-electron chi connectivity index (χ2n) is 10.2. The lowest BCUT2D eigenvalue weighted by atomic mass is 9.98. The zero-order valence-electron chi connectivity index (χ0n) is 21.7. The van der Waals surface area contributed by atoms with Crippen LogP contribution in [0.4, 0.5) is 18.9 Å². The summed E-state index contributed by atoms with van der Waals surface area (Å²) in [5, 5.41) is 12.5. The number of alkyl halides is 3. The van der Waals surface area contributed by atoms with Crippen LogP contribution in [0.1, 0.15) is 46.3 Å². The summed E-state index contributed by atoms with van der Waals surface area (Å²) in [6, 6.07) is 10.1. The molecular formula is C28H28F3N7O. The van der Waals surface area contributed by atoms with Gasteiger partial charge in [-0.15, -0.1) is 10.2 Å². The summed E-state index contributed by atoms with van der Waals surface area (Å²) in [7, 11) is 3.64. The van der Waals surface area contributed by atoms with Crippen LogP contribution in [-0.4, -0.2) is 48.4 Å². The summed E-state index contributed by atoms with van der Waals surface area (Å²) in [5.74, 6) is 0.205. The summed E-state index contributed by atoms with van der Waals surface area (Å²) in [6.07, 6.45) is 1.95. The summed E-state index contributed by atoms with van der Waals surface area (Å²) in [5.41, 5.74) is 2.75. The largest absolute Gasteiger partial charge is 0.416 e. The Balaban J connectivity index is 1.36. The highest BCUT2D eigenvalue weighted by Crippen LogP contribution is 2.41. The lowest BCUT2D eigenvalue weighted by molar-refractivity contribution is -0.138. The first kappa shape index (κ1) is 25.3. The number of halogens is 3. The predicted octanol–water partition coefficient (Wildman–Crippen LogP) is 5.05. The summed E-state index contributed by atoms with van der Waals surface area (Å²) in [6.45, 7) is 1.98. The number of rotatable bonds is 5. The van der Waals surface area contributed by atoms with Crippen LogP contribution in [0.3, 0.4) is 0 Å². The molecule has 8 nitrogen and oxygen atoms in total. The van der Waals surface area contributed by atoms with E-state index in [4.69, 9.17) is 0 Å². The molecule has 202 valence electrons. The molecule has 1 amide bonds. The van der Waals surface area contributed by atoms with Gasteiger partial charge in [0.2, 0.25) is 0 Å². The van der Waals surface area contributed by atoms with Crippen LogP contribution in [0.5, 0.6) is 0 Å². The Kier molecular flexibility index (Phi) is 6.25. The molecule has 0 unspecified atom stereocenters. The van der Waals surface area contributed by atoms with Crippen molar-refractivity contribution in [3.8, 4) is 22.6 Å². The fraction of sp³-hybridized carbons (Fsp3) is 0.357. The number of nitrogens with zero attached hydrogens (tertiary/aromatic N) is 7. The summed E-state index contributed by atoms with van der Waals surface area (Å²) < 4.78 is 46.1. The minimum atomic E-state index is -4.56. The van der Waals surface area contributed by atoms with E-state index in [-0.39, 0.29) is 17.7 Å². The quantitative estimate of drug-likeness (QED) is 0.358. The van der Waals surface area contributed by atoms with Gasteiger partial charge in [0, 0.05) is 37.5 Å². The highest BCUT2D eigenvalue weighted by molar-refractivity contribution is 6.10. The van der Waals surface area contributed by atoms with Crippen LogP contribution >= 0.6 is 0 Å². The smallest absolute Gasteiger partial charge is 0.317 e. The zero-order chi connectivity index (χ0) is 27.3. The Labute approximate surface area is 223 Å². The lowest BCUT2D eigenvalue weighted by Crippen LogP contribution is -2.29. The van der Waals surface area contributed by atoms with Crippen molar-refractivity contribution < 1.29 is 18.0 Å². The normalized spacial score (nSPS) is 16.2. The maximum absolute atomic E-state index is 14.2. The van der Waals surface area contributed by atoms with Crippen molar-refractivity contribution >= 4 is 11.6 Å². The van der Waals surface area contributed by atoms with E-state index in [1.54, 1.807) is 47.0 Å². The van der Waals surface area contributed by atoms with Crippen molar-refractivity contribution in [2.24, 2.45) is 14.1 Å². The number of aromatic nitrogens is 5. The lowest BCUT2D eigenvalue weighted by Gasteiger charge is -2.27. The highest BCUT2D eigenvalue weighted by Gasteiger charge is 2.40. The van der Waals surface area contributed by atoms with E-state index in [0.29, 0.717) is 23.6 Å². The van der Waals surface area contributed by atoms with E-state index < -0.39 is 17.6 Å². The minimum absolute atomic E-state index is 0.0283. The Morgan fingerprint density at radius 1 is 1.00 bits per heavy atom. The fourth-order valence-corrected chi connectivity index (χ4v) is 5.69. The van der Waals surface area contributed by atoms with Crippen molar-refractivity contribution in [2.45, 2.75) is 38.5 Å². The zero-order valence-corrected chi connectivity index (χ0v) is 21.7. The van der Waals surface area contributed by atoms with Gasteiger partial charge < -0.3 is 9.47 Å². The maximum Gasteiger partial charge on any atom is 0.416 e. The third-order valence-electron chi connectivity index (χ3n) is 7.58. The van der Waals surface area contributed by atoms with Crippen molar-refractivity contribution in [1.29, 1.82) is 0 Å². The molecule has 39 heavy (non-hydrogen) atoms. The van der Waals surface area contributed by atoms with Gasteiger partial charge in [-0.1, -0.05) is 18.6 Å². The average Bonchev–Trinajstić information content (AvgIpc) is 3.60. The number of benzene rings is 2. The number of piperidine rings is 1. The van der Waals surface area contributed by atoms with Gasteiger partial charge in [-0.25, -0.2) is 0 Å². The van der Waals surface area contributed by atoms with Crippen LogP contribution in [0.2, 0.25) is 0 Å². The molecule has 1 saturated heterocycles. The summed E-state index contributed by atoms with van der Waals surface area (Å²) >= 11 is 0. The summed E-state index contributed by atoms with van der Waals surface area (Å²) in [4.78, 5) is 17.2. The van der Waals surface area contributed by atoms with E-state index in [1.807, 2.05) is 19.2 Å². The van der Waals surface area contributed by atoms with E-state index >= 15 is 0 Å². The van der Waals surface area contributed by atoms with Gasteiger partial charge in [-0.2, -0.15) is 18.3 Å². The molecule has 0 N–H and O–H groups in total. The molecule has 2 aromatic carbocycles. The Hall–Kier alpha value is -3.99. The standard InChI is InChI=1S/C28H28F3N7O/c1-35-17-32-34-26(35)22-14-33-36(2)25(22)19-7-6-8-20(13-19)38-16-23-21(27(38)39)11-18(12-24(23)28(29,30)31)15-37-9-4-3-5-10-37/h6-8,11-14,17H,3-5,9-10,15-16H2,1-2H3. The Bertz CT molecular complexity index is 1550. The van der Waals surface area contributed by atoms with Gasteiger partial charge >= 0.3 is 6.18 Å². The Morgan fingerprint density at radius 3 is 2.51 bits per heavy atom. The molecule has 2 aliphatic heterocycles. The number of carbonyl (C=O) groups is 1. The second kappa shape index (κ2) is 9.64.